The van der Waals surface area contributed by atoms with Gasteiger partial charge in [-0.25, -0.2) is 9.97 Å². The molecule has 0 unspecified atom stereocenters. The summed E-state index contributed by atoms with van der Waals surface area (Å²) < 4.78 is 39.6. The Bertz CT molecular complexity index is 578. The van der Waals surface area contributed by atoms with Gasteiger partial charge in [-0.3, -0.25) is 0 Å². The fourth-order valence-electron chi connectivity index (χ4n) is 1.95. The van der Waals surface area contributed by atoms with E-state index in [0.29, 0.717) is 18.0 Å². The van der Waals surface area contributed by atoms with E-state index in [1.165, 1.54) is 11.1 Å². The highest BCUT2D eigenvalue weighted by molar-refractivity contribution is 5.66. The molecule has 0 radical (unpaired) electrons. The average molecular weight is 287 g/mol. The lowest BCUT2D eigenvalue weighted by Gasteiger charge is -2.24. The summed E-state index contributed by atoms with van der Waals surface area (Å²) in [5.74, 6) is 0.752. The second-order valence-electron chi connectivity index (χ2n) is 4.27. The number of nitrogens with one attached hydrogen (secondary N) is 1. The Morgan fingerprint density at radius 1 is 1.35 bits per heavy atom. The summed E-state index contributed by atoms with van der Waals surface area (Å²) in [6.45, 7) is 3.34. The molecule has 0 bridgehead atoms. The van der Waals surface area contributed by atoms with Crippen LogP contribution in [0.3, 0.4) is 0 Å². The maximum atomic E-state index is 12.6. The van der Waals surface area contributed by atoms with Gasteiger partial charge in [0.1, 0.15) is 12.4 Å². The molecule has 0 aliphatic heterocycles. The van der Waals surface area contributed by atoms with Crippen LogP contribution in [0.5, 0.6) is 0 Å². The minimum absolute atomic E-state index is 0.199. The van der Waals surface area contributed by atoms with Crippen LogP contribution in [0, 0.1) is 0 Å². The number of nitrogens with zero attached hydrogens (tertiary/aromatic N) is 4. The molecule has 0 spiro atoms. The molecule has 1 N–H and O–H groups in total. The maximum Gasteiger partial charge on any atom is 0.405 e. The SMILES string of the molecule is CCNc1cn2ccnc2c(N(CC)CC(F)(F)F)n1. The van der Waals surface area contributed by atoms with Crippen LogP contribution in [0.4, 0.5) is 24.8 Å². The number of aromatic nitrogens is 3. The Kier molecular flexibility index (Phi) is 4.01. The van der Waals surface area contributed by atoms with Gasteiger partial charge in [0.25, 0.3) is 0 Å². The van der Waals surface area contributed by atoms with E-state index in [9.17, 15) is 13.2 Å². The minimum atomic E-state index is -4.28. The molecule has 8 heteroatoms. The van der Waals surface area contributed by atoms with Crippen molar-refractivity contribution in [3.05, 3.63) is 18.6 Å². The molecule has 0 aliphatic rings. The molecule has 110 valence electrons. The van der Waals surface area contributed by atoms with Gasteiger partial charge in [0.15, 0.2) is 11.5 Å². The molecule has 0 saturated heterocycles. The summed E-state index contributed by atoms with van der Waals surface area (Å²) in [7, 11) is 0. The Labute approximate surface area is 114 Å². The molecular weight excluding hydrogens is 271 g/mol. The van der Waals surface area contributed by atoms with Gasteiger partial charge in [-0.1, -0.05) is 0 Å². The second kappa shape index (κ2) is 5.56. The second-order valence-corrected chi connectivity index (χ2v) is 4.27. The van der Waals surface area contributed by atoms with Crippen molar-refractivity contribution in [2.75, 3.05) is 29.9 Å². The lowest BCUT2D eigenvalue weighted by atomic mass is 10.4. The molecule has 0 aliphatic carbocycles. The normalized spacial score (nSPS) is 11.8. The third kappa shape index (κ3) is 3.12. The average Bonchev–Trinajstić information content (AvgIpc) is 2.82. The number of anilines is 2. The number of hydrogen-bond donors (Lipinski definition) is 1. The van der Waals surface area contributed by atoms with Gasteiger partial charge in [0, 0.05) is 25.5 Å². The largest absolute Gasteiger partial charge is 0.405 e. The van der Waals surface area contributed by atoms with Gasteiger partial charge in [-0.2, -0.15) is 13.2 Å². The third-order valence-electron chi connectivity index (χ3n) is 2.77. The topological polar surface area (TPSA) is 45.5 Å². The summed E-state index contributed by atoms with van der Waals surface area (Å²) in [4.78, 5) is 9.50. The zero-order chi connectivity index (χ0) is 14.8. The molecule has 2 heterocycles. The number of halogens is 3. The molecule has 2 rings (SSSR count). The molecule has 0 saturated carbocycles. The number of hydrogen-bond acceptors (Lipinski definition) is 4. The van der Waals surface area contributed by atoms with E-state index in [-0.39, 0.29) is 12.4 Å². The van der Waals surface area contributed by atoms with E-state index in [4.69, 9.17) is 0 Å². The quantitative estimate of drug-likeness (QED) is 0.918. The van der Waals surface area contributed by atoms with E-state index in [0.717, 1.165) is 0 Å². The van der Waals surface area contributed by atoms with Crippen molar-refractivity contribution in [1.82, 2.24) is 14.4 Å². The fourth-order valence-corrected chi connectivity index (χ4v) is 1.95. The Morgan fingerprint density at radius 3 is 2.70 bits per heavy atom. The molecule has 2 aromatic rings. The molecule has 0 atom stereocenters. The molecule has 0 aromatic carbocycles. The Balaban J connectivity index is 2.46. The van der Waals surface area contributed by atoms with Crippen LogP contribution in [-0.2, 0) is 0 Å². The zero-order valence-corrected chi connectivity index (χ0v) is 11.3. The van der Waals surface area contributed by atoms with E-state index in [1.54, 1.807) is 23.7 Å². The van der Waals surface area contributed by atoms with Crippen LogP contribution in [-0.4, -0.2) is 40.2 Å². The number of rotatable bonds is 5. The highest BCUT2D eigenvalue weighted by atomic mass is 19.4. The van der Waals surface area contributed by atoms with Crippen LogP contribution in [0.1, 0.15) is 13.8 Å². The monoisotopic (exact) mass is 287 g/mol. The van der Waals surface area contributed by atoms with E-state index >= 15 is 0 Å². The van der Waals surface area contributed by atoms with Crippen LogP contribution in [0.25, 0.3) is 5.65 Å². The first kappa shape index (κ1) is 14.4. The van der Waals surface area contributed by atoms with E-state index in [1.807, 2.05) is 6.92 Å². The summed E-state index contributed by atoms with van der Waals surface area (Å²) in [5, 5.41) is 3.00. The summed E-state index contributed by atoms with van der Waals surface area (Å²) in [5.41, 5.74) is 0.415. The molecule has 5 nitrogen and oxygen atoms in total. The smallest absolute Gasteiger partial charge is 0.369 e. The van der Waals surface area contributed by atoms with Crippen LogP contribution < -0.4 is 10.2 Å². The Morgan fingerprint density at radius 2 is 2.10 bits per heavy atom. The predicted octanol–water partition coefficient (Wildman–Crippen LogP) is 2.55. The maximum absolute atomic E-state index is 12.6. The van der Waals surface area contributed by atoms with Crippen LogP contribution >= 0.6 is 0 Å². The molecule has 0 fully saturated rings. The number of alkyl halides is 3. The van der Waals surface area contributed by atoms with Crippen molar-refractivity contribution >= 4 is 17.3 Å². The van der Waals surface area contributed by atoms with Gasteiger partial charge in [-0.15, -0.1) is 0 Å². The zero-order valence-electron chi connectivity index (χ0n) is 11.3. The van der Waals surface area contributed by atoms with Gasteiger partial charge < -0.3 is 14.6 Å². The lowest BCUT2D eigenvalue weighted by Crippen LogP contribution is -2.35. The highest BCUT2D eigenvalue weighted by Crippen LogP contribution is 2.25. The van der Waals surface area contributed by atoms with Crippen LogP contribution in [0.2, 0.25) is 0 Å². The van der Waals surface area contributed by atoms with Crippen molar-refractivity contribution in [2.24, 2.45) is 0 Å². The number of imidazole rings is 1. The summed E-state index contributed by atoms with van der Waals surface area (Å²) >= 11 is 0. The van der Waals surface area contributed by atoms with Gasteiger partial charge in [0.05, 0.1) is 6.20 Å². The standard InChI is InChI=1S/C12H16F3N5/c1-3-16-9-7-20-6-5-17-10(20)11(18-9)19(4-2)8-12(13,14)15/h5-7,16H,3-4,8H2,1-2H3. The summed E-state index contributed by atoms with van der Waals surface area (Å²) in [6.07, 6.45) is 0.646. The number of fused-ring (bicyclic) bond motifs is 1. The highest BCUT2D eigenvalue weighted by Gasteiger charge is 2.31. The van der Waals surface area contributed by atoms with Gasteiger partial charge in [-0.05, 0) is 13.8 Å². The van der Waals surface area contributed by atoms with E-state index in [2.05, 4.69) is 15.3 Å². The van der Waals surface area contributed by atoms with E-state index < -0.39 is 12.7 Å². The molecule has 2 aromatic heterocycles. The van der Waals surface area contributed by atoms with Crippen molar-refractivity contribution < 1.29 is 13.2 Å². The molecular formula is C12H16F3N5. The molecule has 20 heavy (non-hydrogen) atoms. The van der Waals surface area contributed by atoms with Crippen molar-refractivity contribution in [3.8, 4) is 0 Å². The lowest BCUT2D eigenvalue weighted by molar-refractivity contribution is -0.119. The molecule has 0 amide bonds. The van der Waals surface area contributed by atoms with Crippen molar-refractivity contribution in [3.63, 3.8) is 0 Å². The van der Waals surface area contributed by atoms with Crippen LogP contribution in [0.15, 0.2) is 18.6 Å². The van der Waals surface area contributed by atoms with Gasteiger partial charge in [0.2, 0.25) is 0 Å². The summed E-state index contributed by atoms with van der Waals surface area (Å²) in [6, 6.07) is 0. The third-order valence-corrected chi connectivity index (χ3v) is 2.77. The first-order valence-corrected chi connectivity index (χ1v) is 6.34. The first-order chi connectivity index (χ1) is 9.44. The predicted molar refractivity (Wildman–Crippen MR) is 71.1 cm³/mol. The van der Waals surface area contributed by atoms with Crippen molar-refractivity contribution in [2.45, 2.75) is 20.0 Å². The first-order valence-electron chi connectivity index (χ1n) is 6.34. The van der Waals surface area contributed by atoms with Gasteiger partial charge >= 0.3 is 6.18 Å². The minimum Gasteiger partial charge on any atom is -0.369 e. The van der Waals surface area contributed by atoms with Crippen molar-refractivity contribution in [1.29, 1.82) is 0 Å². The fraction of sp³-hybridized carbons (Fsp3) is 0.500. The Hall–Kier alpha value is -1.99.